The third-order valence-corrected chi connectivity index (χ3v) is 4.52. The van der Waals surface area contributed by atoms with Crippen molar-refractivity contribution in [3.63, 3.8) is 0 Å². The molecule has 0 unspecified atom stereocenters. The molecule has 2 heterocycles. The molecule has 0 spiro atoms. The molecule has 30 heavy (non-hydrogen) atoms. The van der Waals surface area contributed by atoms with Crippen LogP contribution in [0.1, 0.15) is 44.5 Å². The molecule has 0 aliphatic heterocycles. The van der Waals surface area contributed by atoms with Crippen LogP contribution >= 0.6 is 0 Å². The van der Waals surface area contributed by atoms with E-state index in [-0.39, 0.29) is 23.2 Å². The van der Waals surface area contributed by atoms with E-state index in [1.54, 1.807) is 13.0 Å². The fourth-order valence-electron chi connectivity index (χ4n) is 2.94. The first-order chi connectivity index (χ1) is 14.1. The second-order valence-corrected chi connectivity index (χ2v) is 6.75. The van der Waals surface area contributed by atoms with E-state index in [4.69, 9.17) is 0 Å². The number of pyridine rings is 2. The van der Waals surface area contributed by atoms with Crippen LogP contribution in [0.15, 0.2) is 48.7 Å². The van der Waals surface area contributed by atoms with Crippen molar-refractivity contribution >= 4 is 11.6 Å². The van der Waals surface area contributed by atoms with E-state index in [1.165, 1.54) is 37.4 Å². The third kappa shape index (κ3) is 4.59. The van der Waals surface area contributed by atoms with Crippen LogP contribution in [0.2, 0.25) is 0 Å². The molecule has 0 radical (unpaired) electrons. The summed E-state index contributed by atoms with van der Waals surface area (Å²) < 4.78 is 52.7. The molecule has 0 saturated heterocycles. The molecule has 8 heteroatoms. The number of ketones is 2. The minimum Gasteiger partial charge on any atom is -0.294 e. The number of hydrogen-bond donors (Lipinski definition) is 0. The van der Waals surface area contributed by atoms with Gasteiger partial charge in [-0.15, -0.1) is 0 Å². The van der Waals surface area contributed by atoms with Gasteiger partial charge in [-0.05, 0) is 49.7 Å². The lowest BCUT2D eigenvalue weighted by Crippen LogP contribution is -2.09. The minimum atomic E-state index is -4.54. The molecule has 0 aliphatic carbocycles. The highest BCUT2D eigenvalue weighted by molar-refractivity contribution is 5.98. The Hall–Kier alpha value is -3.42. The zero-order valence-electron chi connectivity index (χ0n) is 16.0. The van der Waals surface area contributed by atoms with Crippen molar-refractivity contribution in [2.75, 3.05) is 0 Å². The highest BCUT2D eigenvalue weighted by atomic mass is 19.4. The Balaban J connectivity index is 1.90. The first-order valence-corrected chi connectivity index (χ1v) is 8.90. The smallest absolute Gasteiger partial charge is 0.294 e. The molecule has 3 aromatic rings. The second kappa shape index (κ2) is 8.14. The summed E-state index contributed by atoms with van der Waals surface area (Å²) in [7, 11) is 0. The highest BCUT2D eigenvalue weighted by Crippen LogP contribution is 2.30. The first-order valence-electron chi connectivity index (χ1n) is 8.90. The summed E-state index contributed by atoms with van der Waals surface area (Å²) in [5.74, 6) is -1.88. The van der Waals surface area contributed by atoms with E-state index in [1.807, 2.05) is 0 Å². The quantitative estimate of drug-likeness (QED) is 0.324. The Bertz CT molecular complexity index is 1140. The van der Waals surface area contributed by atoms with Gasteiger partial charge in [0, 0.05) is 29.4 Å². The maximum atomic E-state index is 14.1. The molecule has 0 atom stereocenters. The van der Waals surface area contributed by atoms with Gasteiger partial charge < -0.3 is 0 Å². The average Bonchev–Trinajstić information content (AvgIpc) is 2.68. The molecule has 4 nitrogen and oxygen atoms in total. The van der Waals surface area contributed by atoms with Gasteiger partial charge in [-0.3, -0.25) is 14.6 Å². The van der Waals surface area contributed by atoms with E-state index in [0.717, 1.165) is 12.1 Å². The lowest BCUT2D eigenvalue weighted by molar-refractivity contribution is -0.137. The second-order valence-electron chi connectivity index (χ2n) is 6.75. The third-order valence-electron chi connectivity index (χ3n) is 4.52. The number of rotatable bonds is 5. The van der Waals surface area contributed by atoms with Gasteiger partial charge in [0.1, 0.15) is 0 Å². The lowest BCUT2D eigenvalue weighted by Gasteiger charge is -2.10. The van der Waals surface area contributed by atoms with Crippen LogP contribution < -0.4 is 0 Å². The van der Waals surface area contributed by atoms with Crippen molar-refractivity contribution < 1.29 is 27.2 Å². The highest BCUT2D eigenvalue weighted by Gasteiger charge is 2.30. The SMILES string of the molecule is CC(=O)c1ccc(-c2cc(CC(=O)c3cccc(C(F)(F)F)c3)cnc2C)nc1F. The van der Waals surface area contributed by atoms with Crippen LogP contribution in [-0.2, 0) is 12.6 Å². The van der Waals surface area contributed by atoms with Crippen molar-refractivity contribution in [3.05, 3.63) is 82.6 Å². The van der Waals surface area contributed by atoms with E-state index in [9.17, 15) is 27.2 Å². The van der Waals surface area contributed by atoms with Crippen LogP contribution in [0.4, 0.5) is 17.6 Å². The van der Waals surface area contributed by atoms with E-state index in [2.05, 4.69) is 9.97 Å². The van der Waals surface area contributed by atoms with Crippen molar-refractivity contribution in [1.29, 1.82) is 0 Å². The molecular formula is C22H16F4N2O2. The molecule has 3 rings (SSSR count). The summed E-state index contributed by atoms with van der Waals surface area (Å²) in [4.78, 5) is 31.9. The predicted octanol–water partition coefficient (Wildman–Crippen LogP) is 5.24. The number of Topliss-reactive ketones (excluding diaryl/α,β-unsaturated/α-hetero) is 2. The monoisotopic (exact) mass is 416 g/mol. The zero-order valence-corrected chi connectivity index (χ0v) is 16.0. The summed E-state index contributed by atoms with van der Waals surface area (Å²) in [5, 5.41) is 0. The molecule has 1 aromatic carbocycles. The van der Waals surface area contributed by atoms with Gasteiger partial charge in [-0.25, -0.2) is 4.98 Å². The normalized spacial score (nSPS) is 11.4. The number of aryl methyl sites for hydroxylation is 1. The largest absolute Gasteiger partial charge is 0.416 e. The Morgan fingerprint density at radius 3 is 2.43 bits per heavy atom. The molecule has 0 saturated carbocycles. The first kappa shape index (κ1) is 21.3. The Morgan fingerprint density at radius 1 is 1.07 bits per heavy atom. The Morgan fingerprint density at radius 2 is 1.80 bits per heavy atom. The Labute approximate surface area is 169 Å². The van der Waals surface area contributed by atoms with Crippen LogP contribution in [0.5, 0.6) is 0 Å². The van der Waals surface area contributed by atoms with Crippen LogP contribution in [0.3, 0.4) is 0 Å². The van der Waals surface area contributed by atoms with Gasteiger partial charge in [0.2, 0.25) is 5.95 Å². The van der Waals surface area contributed by atoms with Gasteiger partial charge in [0.25, 0.3) is 0 Å². The van der Waals surface area contributed by atoms with Crippen LogP contribution in [0.25, 0.3) is 11.3 Å². The molecule has 0 fully saturated rings. The molecule has 2 aromatic heterocycles. The number of carbonyl (C=O) groups is 2. The number of benzene rings is 1. The Kier molecular flexibility index (Phi) is 5.78. The van der Waals surface area contributed by atoms with Crippen molar-refractivity contribution in [2.24, 2.45) is 0 Å². The molecule has 0 aliphatic rings. The van der Waals surface area contributed by atoms with Gasteiger partial charge in [0.15, 0.2) is 11.6 Å². The summed E-state index contributed by atoms with van der Waals surface area (Å²) in [5.41, 5.74) is 0.543. The zero-order chi connectivity index (χ0) is 22.1. The maximum absolute atomic E-state index is 14.1. The predicted molar refractivity (Wildman–Crippen MR) is 102 cm³/mol. The standard InChI is InChI=1S/C22H16F4N2O2/c1-12-18(19-7-6-17(13(2)29)21(23)28-19)8-14(11-27-12)9-20(30)15-4-3-5-16(10-15)22(24,25)26/h3-8,10-11H,9H2,1-2H3. The van der Waals surface area contributed by atoms with Gasteiger partial charge >= 0.3 is 6.18 Å². The van der Waals surface area contributed by atoms with E-state index >= 15 is 0 Å². The molecule has 0 N–H and O–H groups in total. The number of carbonyl (C=O) groups excluding carboxylic acids is 2. The molecular weight excluding hydrogens is 400 g/mol. The summed E-state index contributed by atoms with van der Waals surface area (Å²) in [6.45, 7) is 2.90. The van der Waals surface area contributed by atoms with Crippen LogP contribution in [0, 0.1) is 12.9 Å². The van der Waals surface area contributed by atoms with Crippen molar-refractivity contribution in [1.82, 2.24) is 9.97 Å². The lowest BCUT2D eigenvalue weighted by atomic mass is 9.99. The van der Waals surface area contributed by atoms with Crippen molar-refractivity contribution in [3.8, 4) is 11.3 Å². The summed E-state index contributed by atoms with van der Waals surface area (Å²) >= 11 is 0. The molecule has 0 bridgehead atoms. The average molecular weight is 416 g/mol. The van der Waals surface area contributed by atoms with Gasteiger partial charge in [-0.2, -0.15) is 17.6 Å². The van der Waals surface area contributed by atoms with E-state index in [0.29, 0.717) is 16.8 Å². The molecule has 0 amide bonds. The summed E-state index contributed by atoms with van der Waals surface area (Å²) in [6, 6.07) is 8.58. The minimum absolute atomic E-state index is 0.0677. The van der Waals surface area contributed by atoms with Gasteiger partial charge in [-0.1, -0.05) is 12.1 Å². The fraction of sp³-hybridized carbons (Fsp3) is 0.182. The number of aromatic nitrogens is 2. The summed E-state index contributed by atoms with van der Waals surface area (Å²) in [6.07, 6.45) is -3.29. The topological polar surface area (TPSA) is 59.9 Å². The van der Waals surface area contributed by atoms with E-state index < -0.39 is 29.3 Å². The van der Waals surface area contributed by atoms with Gasteiger partial charge in [0.05, 0.1) is 16.8 Å². The number of halogens is 4. The number of alkyl halides is 3. The fourth-order valence-corrected chi connectivity index (χ4v) is 2.94. The van der Waals surface area contributed by atoms with Crippen LogP contribution in [-0.4, -0.2) is 21.5 Å². The molecule has 154 valence electrons. The van der Waals surface area contributed by atoms with Crippen molar-refractivity contribution in [2.45, 2.75) is 26.4 Å². The maximum Gasteiger partial charge on any atom is 0.416 e. The number of hydrogen-bond acceptors (Lipinski definition) is 4. The number of nitrogens with zero attached hydrogens (tertiary/aromatic N) is 2.